The molecule has 1 N–H and O–H groups in total. The number of rotatable bonds is 8. The second-order valence-electron chi connectivity index (χ2n) is 9.92. The highest BCUT2D eigenvalue weighted by Gasteiger charge is 2.28. The van der Waals surface area contributed by atoms with Crippen molar-refractivity contribution >= 4 is 17.3 Å². The minimum absolute atomic E-state index is 0.163. The third-order valence-electron chi connectivity index (χ3n) is 7.04. The Kier molecular flexibility index (Phi) is 7.37. The van der Waals surface area contributed by atoms with Crippen molar-refractivity contribution < 1.29 is 9.21 Å². The molecule has 0 aliphatic carbocycles. The van der Waals surface area contributed by atoms with Crippen LogP contribution < -0.4 is 10.2 Å². The van der Waals surface area contributed by atoms with Crippen LogP contribution in [0.3, 0.4) is 0 Å². The summed E-state index contributed by atoms with van der Waals surface area (Å²) in [6.07, 6.45) is 3.79. The van der Waals surface area contributed by atoms with Crippen LogP contribution in [-0.2, 0) is 19.5 Å². The van der Waals surface area contributed by atoms with E-state index in [1.807, 2.05) is 6.07 Å². The third kappa shape index (κ3) is 5.59. The summed E-state index contributed by atoms with van der Waals surface area (Å²) in [7, 11) is 2.09. The van der Waals surface area contributed by atoms with Crippen molar-refractivity contribution in [3.05, 3.63) is 96.0 Å². The predicted molar refractivity (Wildman–Crippen MR) is 144 cm³/mol. The summed E-state index contributed by atoms with van der Waals surface area (Å²) < 4.78 is 7.27. The lowest BCUT2D eigenvalue weighted by molar-refractivity contribution is 0.0921. The summed E-state index contributed by atoms with van der Waals surface area (Å²) >= 11 is 0. The topological polar surface area (TPSA) is 79.4 Å². The van der Waals surface area contributed by atoms with Gasteiger partial charge in [-0.05, 0) is 41.8 Å². The number of fused-ring (bicyclic) bond motifs is 1. The molecule has 0 saturated heterocycles. The Hall–Kier alpha value is -3.91. The molecule has 192 valence electrons. The molecular formula is C29H34N6O2. The molecule has 2 aromatic carbocycles. The van der Waals surface area contributed by atoms with E-state index in [-0.39, 0.29) is 17.9 Å². The molecule has 0 spiro atoms. The van der Waals surface area contributed by atoms with Gasteiger partial charge in [0.25, 0.3) is 5.91 Å². The fourth-order valence-corrected chi connectivity index (χ4v) is 4.81. The number of para-hydroxylation sites is 1. The zero-order chi connectivity index (χ0) is 25.8. The van der Waals surface area contributed by atoms with Crippen molar-refractivity contribution in [3.8, 4) is 0 Å². The summed E-state index contributed by atoms with van der Waals surface area (Å²) in [6.45, 7) is 7.65. The van der Waals surface area contributed by atoms with Crippen molar-refractivity contribution in [2.24, 2.45) is 5.92 Å². The van der Waals surface area contributed by atoms with Gasteiger partial charge in [0.05, 0.1) is 17.9 Å². The Morgan fingerprint density at radius 1 is 1.00 bits per heavy atom. The molecule has 8 nitrogen and oxygen atoms in total. The maximum Gasteiger partial charge on any atom is 0.255 e. The van der Waals surface area contributed by atoms with Gasteiger partial charge in [0.1, 0.15) is 12.1 Å². The molecule has 5 rings (SSSR count). The lowest BCUT2D eigenvalue weighted by Gasteiger charge is -2.23. The SMILES string of the molecule is CC(C)[C@H](NC(=O)c1ccoc1)c1nnc2n1CCN(Cc1ccc(N(C)c3ccccc3)cc1)CC2. The number of furan rings is 1. The first-order chi connectivity index (χ1) is 18.0. The largest absolute Gasteiger partial charge is 0.472 e. The van der Waals surface area contributed by atoms with E-state index >= 15 is 0 Å². The monoisotopic (exact) mass is 498 g/mol. The van der Waals surface area contributed by atoms with Crippen LogP contribution in [0.1, 0.15) is 47.5 Å². The summed E-state index contributed by atoms with van der Waals surface area (Å²) in [5.74, 6) is 1.79. The molecule has 2 aromatic heterocycles. The Morgan fingerprint density at radius 3 is 2.46 bits per heavy atom. The van der Waals surface area contributed by atoms with Crippen LogP contribution >= 0.6 is 0 Å². The normalized spacial score (nSPS) is 14.7. The number of nitrogens with one attached hydrogen (secondary N) is 1. The van der Waals surface area contributed by atoms with Crippen molar-refractivity contribution in [1.82, 2.24) is 25.0 Å². The number of anilines is 2. The molecule has 4 aromatic rings. The van der Waals surface area contributed by atoms with Gasteiger partial charge in [-0.2, -0.15) is 0 Å². The van der Waals surface area contributed by atoms with Crippen LogP contribution in [-0.4, -0.2) is 45.7 Å². The Morgan fingerprint density at radius 2 is 1.76 bits per heavy atom. The van der Waals surface area contributed by atoms with E-state index < -0.39 is 0 Å². The lowest BCUT2D eigenvalue weighted by atomic mass is 10.0. The van der Waals surface area contributed by atoms with Crippen molar-refractivity contribution in [2.75, 3.05) is 25.0 Å². The van der Waals surface area contributed by atoms with Gasteiger partial charge in [-0.25, -0.2) is 0 Å². The van der Waals surface area contributed by atoms with Gasteiger partial charge >= 0.3 is 0 Å². The molecular weight excluding hydrogens is 464 g/mol. The molecule has 8 heteroatoms. The van der Waals surface area contributed by atoms with Crippen LogP contribution in [0.2, 0.25) is 0 Å². The number of nitrogens with zero attached hydrogens (tertiary/aromatic N) is 5. The minimum atomic E-state index is -0.232. The van der Waals surface area contributed by atoms with Gasteiger partial charge in [-0.1, -0.05) is 44.2 Å². The number of hydrogen-bond acceptors (Lipinski definition) is 6. The van der Waals surface area contributed by atoms with Crippen LogP contribution in [0.15, 0.2) is 77.6 Å². The summed E-state index contributed by atoms with van der Waals surface area (Å²) in [5, 5.41) is 12.1. The molecule has 1 aliphatic rings. The van der Waals surface area contributed by atoms with E-state index in [0.29, 0.717) is 5.56 Å². The number of carbonyl (C=O) groups is 1. The van der Waals surface area contributed by atoms with E-state index in [4.69, 9.17) is 4.42 Å². The first-order valence-corrected chi connectivity index (χ1v) is 12.8. The molecule has 37 heavy (non-hydrogen) atoms. The predicted octanol–water partition coefficient (Wildman–Crippen LogP) is 4.82. The minimum Gasteiger partial charge on any atom is -0.472 e. The maximum atomic E-state index is 12.7. The third-order valence-corrected chi connectivity index (χ3v) is 7.04. The van der Waals surface area contributed by atoms with Gasteiger partial charge < -0.3 is 19.2 Å². The molecule has 0 fully saturated rings. The lowest BCUT2D eigenvalue weighted by Crippen LogP contribution is -2.34. The Balaban J connectivity index is 1.24. The van der Waals surface area contributed by atoms with Gasteiger partial charge in [0, 0.05) is 51.0 Å². The highest BCUT2D eigenvalue weighted by atomic mass is 16.3. The standard InChI is InChI=1S/C29H34N6O2/c1-21(2)27(30-29(36)23-14-18-37-20-23)28-32-31-26-13-15-34(16-17-35(26)28)19-22-9-11-25(12-10-22)33(3)24-7-5-4-6-8-24/h4-12,14,18,20-21,27H,13,15-17,19H2,1-3H3,(H,30,36)/t27-/m0/s1. The number of amides is 1. The summed E-state index contributed by atoms with van der Waals surface area (Å²) in [4.78, 5) is 17.4. The van der Waals surface area contributed by atoms with E-state index in [9.17, 15) is 4.79 Å². The molecule has 1 aliphatic heterocycles. The van der Waals surface area contributed by atoms with E-state index in [0.717, 1.165) is 44.2 Å². The summed E-state index contributed by atoms with van der Waals surface area (Å²) in [6, 6.07) is 20.6. The van der Waals surface area contributed by atoms with Gasteiger partial charge in [0.15, 0.2) is 5.82 Å². The van der Waals surface area contributed by atoms with Crippen molar-refractivity contribution in [1.29, 1.82) is 0 Å². The molecule has 0 radical (unpaired) electrons. The summed E-state index contributed by atoms with van der Waals surface area (Å²) in [5.41, 5.74) is 4.13. The fourth-order valence-electron chi connectivity index (χ4n) is 4.81. The Bertz CT molecular complexity index is 1300. The first-order valence-electron chi connectivity index (χ1n) is 12.8. The average molecular weight is 499 g/mol. The number of aromatic nitrogens is 3. The quantitative estimate of drug-likeness (QED) is 0.375. The molecule has 0 saturated carbocycles. The molecule has 0 bridgehead atoms. The number of hydrogen-bond donors (Lipinski definition) is 1. The molecule has 1 amide bonds. The Labute approximate surface area is 217 Å². The van der Waals surface area contributed by atoms with Crippen LogP contribution in [0.25, 0.3) is 0 Å². The van der Waals surface area contributed by atoms with Crippen molar-refractivity contribution in [3.63, 3.8) is 0 Å². The second-order valence-corrected chi connectivity index (χ2v) is 9.92. The highest BCUT2D eigenvalue weighted by molar-refractivity contribution is 5.94. The number of carbonyl (C=O) groups excluding carboxylic acids is 1. The fraction of sp³-hybridized carbons (Fsp3) is 0.345. The van der Waals surface area contributed by atoms with Gasteiger partial charge in [0.2, 0.25) is 0 Å². The van der Waals surface area contributed by atoms with E-state index in [1.165, 1.54) is 29.5 Å². The average Bonchev–Trinajstić information content (AvgIpc) is 3.56. The number of benzene rings is 2. The highest BCUT2D eigenvalue weighted by Crippen LogP contribution is 2.25. The molecule has 3 heterocycles. The smallest absolute Gasteiger partial charge is 0.255 e. The first kappa shape index (κ1) is 24.8. The molecule has 1 atom stereocenters. The van der Waals surface area contributed by atoms with Crippen LogP contribution in [0, 0.1) is 5.92 Å². The van der Waals surface area contributed by atoms with Gasteiger partial charge in [-0.3, -0.25) is 9.69 Å². The maximum absolute atomic E-state index is 12.7. The van der Waals surface area contributed by atoms with Gasteiger partial charge in [-0.15, -0.1) is 10.2 Å². The van der Waals surface area contributed by atoms with Crippen LogP contribution in [0.4, 0.5) is 11.4 Å². The second kappa shape index (κ2) is 11.0. The van der Waals surface area contributed by atoms with Crippen LogP contribution in [0.5, 0.6) is 0 Å². The molecule has 0 unspecified atom stereocenters. The zero-order valence-corrected chi connectivity index (χ0v) is 21.7. The van der Waals surface area contributed by atoms with E-state index in [2.05, 4.69) is 99.3 Å². The van der Waals surface area contributed by atoms with E-state index in [1.54, 1.807) is 6.07 Å². The zero-order valence-electron chi connectivity index (χ0n) is 21.7. The van der Waals surface area contributed by atoms with Crippen molar-refractivity contribution in [2.45, 2.75) is 39.4 Å².